The van der Waals surface area contributed by atoms with Crippen LogP contribution in [0.1, 0.15) is 30.1 Å². The normalized spacial score (nSPS) is 25.1. The van der Waals surface area contributed by atoms with Gasteiger partial charge in [-0.3, -0.25) is 4.79 Å². The van der Waals surface area contributed by atoms with Gasteiger partial charge in [0.1, 0.15) is 0 Å². The summed E-state index contributed by atoms with van der Waals surface area (Å²) in [5, 5.41) is 0. The number of carbonyl (C=O) groups excluding carboxylic acids is 1. The molecule has 2 aliphatic rings. The summed E-state index contributed by atoms with van der Waals surface area (Å²) in [4.78, 5) is 22.4. The Hall–Kier alpha value is -1.91. The van der Waals surface area contributed by atoms with Gasteiger partial charge in [0, 0.05) is 25.5 Å². The summed E-state index contributed by atoms with van der Waals surface area (Å²) in [7, 11) is 1.51. The summed E-state index contributed by atoms with van der Waals surface area (Å²) >= 11 is 0. The van der Waals surface area contributed by atoms with E-state index in [2.05, 4.69) is 23.0 Å². The van der Waals surface area contributed by atoms with Crippen LogP contribution in [0.5, 0.6) is 6.01 Å². The molecule has 1 aromatic rings. The fourth-order valence-electron chi connectivity index (χ4n) is 3.17. The second-order valence-electron chi connectivity index (χ2n) is 5.68. The molecule has 0 aromatic carbocycles. The Labute approximate surface area is 118 Å². The lowest BCUT2D eigenvalue weighted by molar-refractivity contribution is 0.0783. The third-order valence-electron chi connectivity index (χ3n) is 4.27. The van der Waals surface area contributed by atoms with E-state index in [4.69, 9.17) is 4.74 Å². The Morgan fingerprint density at radius 2 is 2.00 bits per heavy atom. The number of allylic oxidation sites excluding steroid dienone is 2. The Balaban J connectivity index is 1.69. The SMILES string of the molecule is COc1ncc(C(=O)N2C[C@H]3CC=C(C)C[C@H]3C2)cn1. The van der Waals surface area contributed by atoms with Crippen LogP contribution in [0.25, 0.3) is 0 Å². The Kier molecular flexibility index (Phi) is 3.42. The Bertz CT molecular complexity index is 539. The van der Waals surface area contributed by atoms with Crippen molar-refractivity contribution in [3.05, 3.63) is 29.6 Å². The summed E-state index contributed by atoms with van der Waals surface area (Å²) in [5.41, 5.74) is 1.99. The van der Waals surface area contributed by atoms with Crippen molar-refractivity contribution in [2.24, 2.45) is 11.8 Å². The molecule has 0 radical (unpaired) electrons. The van der Waals surface area contributed by atoms with Crippen molar-refractivity contribution in [1.29, 1.82) is 0 Å². The van der Waals surface area contributed by atoms with Gasteiger partial charge in [0.05, 0.1) is 12.7 Å². The number of aromatic nitrogens is 2. The zero-order chi connectivity index (χ0) is 14.1. The molecule has 1 amide bonds. The van der Waals surface area contributed by atoms with Crippen molar-refractivity contribution >= 4 is 5.91 Å². The number of amides is 1. The molecule has 0 bridgehead atoms. The molecule has 1 saturated heterocycles. The number of methoxy groups -OCH3 is 1. The fraction of sp³-hybridized carbons (Fsp3) is 0.533. The maximum absolute atomic E-state index is 12.5. The minimum absolute atomic E-state index is 0.0275. The van der Waals surface area contributed by atoms with Gasteiger partial charge in [-0.1, -0.05) is 11.6 Å². The van der Waals surface area contributed by atoms with Gasteiger partial charge >= 0.3 is 6.01 Å². The van der Waals surface area contributed by atoms with Crippen molar-refractivity contribution in [2.75, 3.05) is 20.2 Å². The molecule has 106 valence electrons. The number of hydrogen-bond donors (Lipinski definition) is 0. The van der Waals surface area contributed by atoms with E-state index in [0.717, 1.165) is 25.9 Å². The highest BCUT2D eigenvalue weighted by molar-refractivity contribution is 5.93. The molecule has 20 heavy (non-hydrogen) atoms. The number of ether oxygens (including phenoxy) is 1. The fourth-order valence-corrected chi connectivity index (χ4v) is 3.17. The highest BCUT2D eigenvalue weighted by Gasteiger charge is 2.36. The van der Waals surface area contributed by atoms with Crippen molar-refractivity contribution in [1.82, 2.24) is 14.9 Å². The van der Waals surface area contributed by atoms with E-state index < -0.39 is 0 Å². The van der Waals surface area contributed by atoms with Gasteiger partial charge in [-0.05, 0) is 31.6 Å². The molecule has 0 spiro atoms. The van der Waals surface area contributed by atoms with Crippen LogP contribution in [0, 0.1) is 11.8 Å². The molecule has 5 heteroatoms. The van der Waals surface area contributed by atoms with E-state index in [1.807, 2.05) is 4.90 Å². The topological polar surface area (TPSA) is 55.3 Å². The quantitative estimate of drug-likeness (QED) is 0.772. The number of likely N-dealkylation sites (tertiary alicyclic amines) is 1. The van der Waals surface area contributed by atoms with Crippen LogP contribution in [0.15, 0.2) is 24.0 Å². The number of carbonyl (C=O) groups is 1. The van der Waals surface area contributed by atoms with E-state index in [9.17, 15) is 4.79 Å². The zero-order valence-electron chi connectivity index (χ0n) is 11.9. The Morgan fingerprint density at radius 3 is 2.70 bits per heavy atom. The minimum Gasteiger partial charge on any atom is -0.467 e. The standard InChI is InChI=1S/C15H19N3O2/c1-10-3-4-11-8-18(9-12(11)5-10)14(19)13-6-16-15(20-2)17-7-13/h3,6-7,11-12H,4-5,8-9H2,1-2H3/t11-,12+/m1/s1. The van der Waals surface area contributed by atoms with E-state index >= 15 is 0 Å². The molecule has 2 atom stereocenters. The van der Waals surface area contributed by atoms with Crippen molar-refractivity contribution in [3.8, 4) is 6.01 Å². The molecule has 0 saturated carbocycles. The summed E-state index contributed by atoms with van der Waals surface area (Å²) < 4.78 is 4.91. The van der Waals surface area contributed by atoms with E-state index in [1.54, 1.807) is 12.4 Å². The maximum Gasteiger partial charge on any atom is 0.316 e. The minimum atomic E-state index is 0.0275. The first-order valence-corrected chi connectivity index (χ1v) is 6.98. The van der Waals surface area contributed by atoms with Crippen LogP contribution in [-0.2, 0) is 0 Å². The van der Waals surface area contributed by atoms with Crippen LogP contribution < -0.4 is 4.74 Å². The largest absolute Gasteiger partial charge is 0.467 e. The lowest BCUT2D eigenvalue weighted by Gasteiger charge is -2.21. The lowest BCUT2D eigenvalue weighted by Crippen LogP contribution is -2.29. The molecular weight excluding hydrogens is 254 g/mol. The van der Waals surface area contributed by atoms with Gasteiger partial charge in [0.25, 0.3) is 5.91 Å². The van der Waals surface area contributed by atoms with Crippen molar-refractivity contribution in [2.45, 2.75) is 19.8 Å². The van der Waals surface area contributed by atoms with Gasteiger partial charge in [-0.2, -0.15) is 0 Å². The summed E-state index contributed by atoms with van der Waals surface area (Å²) in [6.45, 7) is 3.87. The third-order valence-corrected chi connectivity index (χ3v) is 4.27. The molecule has 1 fully saturated rings. The molecule has 0 unspecified atom stereocenters. The molecule has 0 N–H and O–H groups in total. The predicted octanol–water partition coefficient (Wildman–Crippen LogP) is 1.91. The van der Waals surface area contributed by atoms with E-state index in [1.165, 1.54) is 12.7 Å². The van der Waals surface area contributed by atoms with Gasteiger partial charge < -0.3 is 9.64 Å². The number of nitrogens with zero attached hydrogens (tertiary/aromatic N) is 3. The molecule has 1 aliphatic carbocycles. The van der Waals surface area contributed by atoms with Crippen LogP contribution in [0.3, 0.4) is 0 Å². The van der Waals surface area contributed by atoms with Gasteiger partial charge in [0.15, 0.2) is 0 Å². The van der Waals surface area contributed by atoms with Gasteiger partial charge in [0.2, 0.25) is 0 Å². The third kappa shape index (κ3) is 2.40. The summed E-state index contributed by atoms with van der Waals surface area (Å²) in [6, 6.07) is 0.288. The zero-order valence-corrected chi connectivity index (χ0v) is 11.9. The Morgan fingerprint density at radius 1 is 1.30 bits per heavy atom. The molecule has 1 aliphatic heterocycles. The number of rotatable bonds is 2. The first-order chi connectivity index (χ1) is 9.67. The summed E-state index contributed by atoms with van der Waals surface area (Å²) in [6.07, 6.45) is 7.61. The van der Waals surface area contributed by atoms with E-state index in [0.29, 0.717) is 17.4 Å². The van der Waals surface area contributed by atoms with E-state index in [-0.39, 0.29) is 11.9 Å². The van der Waals surface area contributed by atoms with Crippen LogP contribution >= 0.6 is 0 Å². The van der Waals surface area contributed by atoms with Gasteiger partial charge in [-0.25, -0.2) is 9.97 Å². The number of hydrogen-bond acceptors (Lipinski definition) is 4. The first kappa shape index (κ1) is 13.1. The van der Waals surface area contributed by atoms with Crippen LogP contribution in [0.2, 0.25) is 0 Å². The number of fused-ring (bicyclic) bond motifs is 1. The lowest BCUT2D eigenvalue weighted by atomic mass is 9.83. The smallest absolute Gasteiger partial charge is 0.316 e. The monoisotopic (exact) mass is 273 g/mol. The second kappa shape index (κ2) is 5.23. The average Bonchev–Trinajstić information content (AvgIpc) is 2.89. The van der Waals surface area contributed by atoms with Crippen molar-refractivity contribution in [3.63, 3.8) is 0 Å². The molecular formula is C15H19N3O2. The maximum atomic E-state index is 12.5. The highest BCUT2D eigenvalue weighted by atomic mass is 16.5. The molecule has 5 nitrogen and oxygen atoms in total. The predicted molar refractivity (Wildman–Crippen MR) is 74.5 cm³/mol. The first-order valence-electron chi connectivity index (χ1n) is 6.98. The summed E-state index contributed by atoms with van der Waals surface area (Å²) in [5.74, 6) is 1.25. The highest BCUT2D eigenvalue weighted by Crippen LogP contribution is 2.36. The molecule has 3 rings (SSSR count). The van der Waals surface area contributed by atoms with Crippen molar-refractivity contribution < 1.29 is 9.53 Å². The molecule has 2 heterocycles. The van der Waals surface area contributed by atoms with Gasteiger partial charge in [-0.15, -0.1) is 0 Å². The average molecular weight is 273 g/mol. The second-order valence-corrected chi connectivity index (χ2v) is 5.68. The molecule has 1 aromatic heterocycles. The van der Waals surface area contributed by atoms with Crippen LogP contribution in [0.4, 0.5) is 0 Å². The van der Waals surface area contributed by atoms with Crippen LogP contribution in [-0.4, -0.2) is 41.0 Å².